The highest BCUT2D eigenvalue weighted by Crippen LogP contribution is 2.31. The molecule has 1 heterocycles. The molecule has 1 saturated heterocycles. The zero-order valence-electron chi connectivity index (χ0n) is 18.1. The van der Waals surface area contributed by atoms with Crippen LogP contribution in [-0.4, -0.2) is 37.2 Å². The number of ether oxygens (including phenoxy) is 1. The van der Waals surface area contributed by atoms with Gasteiger partial charge in [-0.15, -0.1) is 0 Å². The number of hydrogen-bond donors (Lipinski definition) is 1. The zero-order chi connectivity index (χ0) is 20.9. The van der Waals surface area contributed by atoms with Gasteiger partial charge in [0.1, 0.15) is 11.7 Å². The fourth-order valence-electron chi connectivity index (χ4n) is 4.49. The van der Waals surface area contributed by atoms with Gasteiger partial charge < -0.3 is 15.0 Å². The van der Waals surface area contributed by atoms with Crippen molar-refractivity contribution in [3.8, 4) is 6.07 Å². The van der Waals surface area contributed by atoms with Crippen LogP contribution in [0, 0.1) is 23.2 Å². The minimum Gasteiger partial charge on any atom is -0.460 e. The van der Waals surface area contributed by atoms with E-state index in [9.17, 15) is 10.1 Å². The molecule has 158 valence electrons. The van der Waals surface area contributed by atoms with Crippen molar-refractivity contribution in [2.45, 2.75) is 70.9 Å². The van der Waals surface area contributed by atoms with E-state index < -0.39 is 5.60 Å². The molecule has 3 rings (SSSR count). The first-order valence-corrected chi connectivity index (χ1v) is 11.1. The second-order valence-corrected chi connectivity index (χ2v) is 9.55. The number of esters is 1. The van der Waals surface area contributed by atoms with Gasteiger partial charge in [0, 0.05) is 19.1 Å². The van der Waals surface area contributed by atoms with Gasteiger partial charge in [0.25, 0.3) is 0 Å². The maximum absolute atomic E-state index is 12.3. The summed E-state index contributed by atoms with van der Waals surface area (Å²) in [6.45, 7) is 8.82. The van der Waals surface area contributed by atoms with Crippen molar-refractivity contribution in [1.29, 1.82) is 5.26 Å². The first-order valence-electron chi connectivity index (χ1n) is 11.1. The molecule has 1 aromatic rings. The lowest BCUT2D eigenvalue weighted by Crippen LogP contribution is -2.44. The highest BCUT2D eigenvalue weighted by atomic mass is 16.6. The SMILES string of the molecule is CC(C)(C)OC(=O)C1CCC(CNC2CCN(c3ccccc3C#N)CC2)CC1. The van der Waals surface area contributed by atoms with Gasteiger partial charge in [-0.25, -0.2) is 0 Å². The van der Waals surface area contributed by atoms with E-state index >= 15 is 0 Å². The molecular formula is C24H35N3O2. The van der Waals surface area contributed by atoms with E-state index in [4.69, 9.17) is 4.74 Å². The summed E-state index contributed by atoms with van der Waals surface area (Å²) < 4.78 is 5.55. The lowest BCUT2D eigenvalue weighted by atomic mass is 9.81. The van der Waals surface area contributed by atoms with Gasteiger partial charge in [0.15, 0.2) is 0 Å². The average molecular weight is 398 g/mol. The normalized spacial score (nSPS) is 23.4. The van der Waals surface area contributed by atoms with Crippen LogP contribution in [-0.2, 0) is 9.53 Å². The highest BCUT2D eigenvalue weighted by molar-refractivity contribution is 5.73. The third kappa shape index (κ3) is 6.21. The third-order valence-corrected chi connectivity index (χ3v) is 6.14. The van der Waals surface area contributed by atoms with Gasteiger partial charge in [-0.05, 0) is 83.9 Å². The Morgan fingerprint density at radius 3 is 2.41 bits per heavy atom. The second-order valence-electron chi connectivity index (χ2n) is 9.55. The van der Waals surface area contributed by atoms with Gasteiger partial charge >= 0.3 is 5.97 Å². The Labute approximate surface area is 175 Å². The summed E-state index contributed by atoms with van der Waals surface area (Å²) in [4.78, 5) is 14.6. The minimum atomic E-state index is -0.391. The number of rotatable bonds is 5. The van der Waals surface area contributed by atoms with Crippen LogP contribution in [0.25, 0.3) is 0 Å². The van der Waals surface area contributed by atoms with Crippen LogP contribution in [0.15, 0.2) is 24.3 Å². The molecular weight excluding hydrogens is 362 g/mol. The summed E-state index contributed by atoms with van der Waals surface area (Å²) in [5.41, 5.74) is 1.44. The van der Waals surface area contributed by atoms with Crippen LogP contribution in [0.3, 0.4) is 0 Å². The van der Waals surface area contributed by atoms with Crippen molar-refractivity contribution in [2.24, 2.45) is 11.8 Å². The summed E-state index contributed by atoms with van der Waals surface area (Å²) in [6, 6.07) is 10.7. The Morgan fingerprint density at radius 2 is 1.79 bits per heavy atom. The summed E-state index contributed by atoms with van der Waals surface area (Å²) in [5, 5.41) is 13.1. The first kappa shape index (κ1) is 21.6. The molecule has 5 heteroatoms. The van der Waals surface area contributed by atoms with E-state index in [1.54, 1.807) is 0 Å². The minimum absolute atomic E-state index is 0.0195. The molecule has 1 aliphatic heterocycles. The number of nitrogens with zero attached hydrogens (tertiary/aromatic N) is 2. The number of benzene rings is 1. The largest absolute Gasteiger partial charge is 0.460 e. The second kappa shape index (κ2) is 9.63. The number of anilines is 1. The summed E-state index contributed by atoms with van der Waals surface area (Å²) >= 11 is 0. The van der Waals surface area contributed by atoms with Crippen molar-refractivity contribution in [2.75, 3.05) is 24.5 Å². The summed E-state index contributed by atoms with van der Waals surface area (Å²) in [6.07, 6.45) is 6.31. The lowest BCUT2D eigenvalue weighted by Gasteiger charge is -2.36. The number of hydrogen-bond acceptors (Lipinski definition) is 5. The van der Waals surface area contributed by atoms with E-state index in [2.05, 4.69) is 22.4 Å². The molecule has 0 amide bonds. The van der Waals surface area contributed by atoms with Crippen molar-refractivity contribution < 1.29 is 9.53 Å². The predicted octanol–water partition coefficient (Wildman–Crippen LogP) is 4.26. The van der Waals surface area contributed by atoms with Crippen LogP contribution >= 0.6 is 0 Å². The van der Waals surface area contributed by atoms with Crippen LogP contribution < -0.4 is 10.2 Å². The smallest absolute Gasteiger partial charge is 0.309 e. The Bertz CT molecular complexity index is 718. The van der Waals surface area contributed by atoms with Crippen molar-refractivity contribution >= 4 is 11.7 Å². The molecule has 0 atom stereocenters. The van der Waals surface area contributed by atoms with Gasteiger partial charge in [-0.2, -0.15) is 5.26 Å². The van der Waals surface area contributed by atoms with Crippen LogP contribution in [0.4, 0.5) is 5.69 Å². The van der Waals surface area contributed by atoms with Crippen molar-refractivity contribution in [1.82, 2.24) is 5.32 Å². The molecule has 5 nitrogen and oxygen atoms in total. The standard InChI is InChI=1S/C24H35N3O2/c1-24(2,3)29-23(28)19-10-8-18(9-11-19)17-26-21-12-14-27(15-13-21)22-7-5-4-6-20(22)16-25/h4-7,18-19,21,26H,8-15,17H2,1-3H3. The number of para-hydroxylation sites is 1. The molecule has 0 unspecified atom stereocenters. The fraction of sp³-hybridized carbons (Fsp3) is 0.667. The molecule has 0 spiro atoms. The highest BCUT2D eigenvalue weighted by Gasteiger charge is 2.30. The van der Waals surface area contributed by atoms with Crippen LogP contribution in [0.1, 0.15) is 64.9 Å². The maximum Gasteiger partial charge on any atom is 0.309 e. The molecule has 1 N–H and O–H groups in total. The van der Waals surface area contributed by atoms with Crippen molar-refractivity contribution in [3.63, 3.8) is 0 Å². The Kier molecular flexibility index (Phi) is 7.18. The van der Waals surface area contributed by atoms with Gasteiger partial charge in [-0.3, -0.25) is 4.79 Å². The molecule has 0 bridgehead atoms. The first-order chi connectivity index (χ1) is 13.9. The average Bonchev–Trinajstić information content (AvgIpc) is 2.72. The lowest BCUT2D eigenvalue weighted by molar-refractivity contribution is -0.161. The zero-order valence-corrected chi connectivity index (χ0v) is 18.1. The van der Waals surface area contributed by atoms with E-state index in [-0.39, 0.29) is 11.9 Å². The molecule has 2 aliphatic rings. The number of piperidine rings is 1. The number of nitrogens with one attached hydrogen (secondary N) is 1. The molecule has 1 aromatic carbocycles. The van der Waals surface area contributed by atoms with Crippen LogP contribution in [0.5, 0.6) is 0 Å². The van der Waals surface area contributed by atoms with E-state index in [0.717, 1.165) is 69.4 Å². The summed E-state index contributed by atoms with van der Waals surface area (Å²) in [5.74, 6) is 0.717. The summed E-state index contributed by atoms with van der Waals surface area (Å²) in [7, 11) is 0. The topological polar surface area (TPSA) is 65.4 Å². The number of carbonyl (C=O) groups excluding carboxylic acids is 1. The van der Waals surface area contributed by atoms with E-state index in [1.807, 2.05) is 39.0 Å². The number of nitriles is 1. The quantitative estimate of drug-likeness (QED) is 0.752. The Hall–Kier alpha value is -2.06. The number of carbonyl (C=O) groups is 1. The molecule has 0 radical (unpaired) electrons. The van der Waals surface area contributed by atoms with E-state index in [1.165, 1.54) is 0 Å². The molecule has 1 saturated carbocycles. The Morgan fingerprint density at radius 1 is 1.14 bits per heavy atom. The monoisotopic (exact) mass is 397 g/mol. The molecule has 2 fully saturated rings. The molecule has 1 aliphatic carbocycles. The van der Waals surface area contributed by atoms with Gasteiger partial charge in [0.2, 0.25) is 0 Å². The fourth-order valence-corrected chi connectivity index (χ4v) is 4.49. The van der Waals surface area contributed by atoms with Gasteiger partial charge in [0.05, 0.1) is 17.2 Å². The van der Waals surface area contributed by atoms with E-state index in [0.29, 0.717) is 12.0 Å². The Balaban J connectivity index is 1.37. The predicted molar refractivity (Wildman–Crippen MR) is 116 cm³/mol. The van der Waals surface area contributed by atoms with Crippen molar-refractivity contribution in [3.05, 3.63) is 29.8 Å². The van der Waals surface area contributed by atoms with Gasteiger partial charge in [-0.1, -0.05) is 12.1 Å². The molecule has 29 heavy (non-hydrogen) atoms. The maximum atomic E-state index is 12.3. The van der Waals surface area contributed by atoms with Crippen LogP contribution in [0.2, 0.25) is 0 Å². The third-order valence-electron chi connectivity index (χ3n) is 6.14. The molecule has 0 aromatic heterocycles.